The predicted octanol–water partition coefficient (Wildman–Crippen LogP) is -3.04. The van der Waals surface area contributed by atoms with Crippen LogP contribution in [0.15, 0.2) is 17.1 Å². The summed E-state index contributed by atoms with van der Waals surface area (Å²) in [4.78, 5) is 25.4. The molecule has 17 nitrogen and oxygen atoms in total. The standard InChI is InChI=1S/C21H36N3O14P/c22-13-5-6-24(21(31)23-13)19-17(29)15(27)12(37-19)10-36-39(32,33)35-8-4-2-1-3-7-34-20-18(30)16(28)14(26)11(9-25)38-20/h5-6,11-12,14-20,25-30H,1-4,7-10H2,(H,32,33)(H2,22,23,31)/t11-,12-,14+,15-,16+,17+,18-,19-,20-/m1/s1. The van der Waals surface area contributed by atoms with Crippen molar-refractivity contribution in [1.29, 1.82) is 0 Å². The van der Waals surface area contributed by atoms with E-state index in [0.29, 0.717) is 25.7 Å². The van der Waals surface area contributed by atoms with Crippen LogP contribution in [0.1, 0.15) is 31.9 Å². The minimum absolute atomic E-state index is 0.0380. The topological polar surface area (TPSA) is 266 Å². The number of aliphatic hydroxyl groups excluding tert-OH is 6. The van der Waals surface area contributed by atoms with Crippen LogP contribution >= 0.6 is 7.82 Å². The molecular weight excluding hydrogens is 549 g/mol. The molecule has 0 spiro atoms. The second kappa shape index (κ2) is 14.4. The van der Waals surface area contributed by atoms with Crippen LogP contribution in [-0.4, -0.2) is 121 Å². The lowest BCUT2D eigenvalue weighted by molar-refractivity contribution is -0.301. The first kappa shape index (κ1) is 32.0. The quantitative estimate of drug-likeness (QED) is 0.0796. The van der Waals surface area contributed by atoms with Crippen molar-refractivity contribution in [1.82, 2.24) is 9.55 Å². The van der Waals surface area contributed by atoms with E-state index in [1.54, 1.807) is 0 Å². The molecule has 10 atom stereocenters. The van der Waals surface area contributed by atoms with Gasteiger partial charge in [0.15, 0.2) is 12.5 Å². The number of unbranched alkanes of at least 4 members (excludes halogenated alkanes) is 3. The maximum Gasteiger partial charge on any atom is 0.472 e. The number of nitrogens with two attached hydrogens (primary N) is 1. The zero-order valence-electron chi connectivity index (χ0n) is 20.9. The van der Waals surface area contributed by atoms with Crippen LogP contribution < -0.4 is 11.4 Å². The lowest BCUT2D eigenvalue weighted by Gasteiger charge is -2.39. The fourth-order valence-corrected chi connectivity index (χ4v) is 4.83. The summed E-state index contributed by atoms with van der Waals surface area (Å²) in [7, 11) is -4.51. The molecule has 1 unspecified atom stereocenters. The molecule has 0 aliphatic carbocycles. The maximum absolute atomic E-state index is 12.2. The van der Waals surface area contributed by atoms with Gasteiger partial charge >= 0.3 is 13.5 Å². The predicted molar refractivity (Wildman–Crippen MR) is 129 cm³/mol. The molecular formula is C21H36N3O14P. The monoisotopic (exact) mass is 585 g/mol. The van der Waals surface area contributed by atoms with Gasteiger partial charge in [-0.2, -0.15) is 4.98 Å². The summed E-state index contributed by atoms with van der Waals surface area (Å²) in [6, 6.07) is 1.30. The van der Waals surface area contributed by atoms with Crippen molar-refractivity contribution in [3.63, 3.8) is 0 Å². The van der Waals surface area contributed by atoms with Gasteiger partial charge in [-0.15, -0.1) is 0 Å². The van der Waals surface area contributed by atoms with Gasteiger partial charge in [0.25, 0.3) is 0 Å². The minimum Gasteiger partial charge on any atom is -0.394 e. The highest BCUT2D eigenvalue weighted by atomic mass is 31.2. The molecule has 0 aromatic carbocycles. The molecule has 3 heterocycles. The largest absolute Gasteiger partial charge is 0.472 e. The molecule has 3 rings (SSSR count). The summed E-state index contributed by atoms with van der Waals surface area (Å²) in [5.41, 5.74) is 4.62. The highest BCUT2D eigenvalue weighted by Gasteiger charge is 2.45. The van der Waals surface area contributed by atoms with Gasteiger partial charge in [-0.05, 0) is 18.9 Å². The van der Waals surface area contributed by atoms with E-state index in [9.17, 15) is 44.9 Å². The Hall–Kier alpha value is -1.57. The molecule has 224 valence electrons. The van der Waals surface area contributed by atoms with E-state index < -0.39 is 82.0 Å². The molecule has 1 aromatic rings. The molecule has 0 amide bonds. The molecule has 2 aliphatic heterocycles. The molecule has 2 aliphatic rings. The smallest absolute Gasteiger partial charge is 0.394 e. The van der Waals surface area contributed by atoms with Crippen LogP contribution in [0.3, 0.4) is 0 Å². The third-order valence-electron chi connectivity index (χ3n) is 6.29. The lowest BCUT2D eigenvalue weighted by Crippen LogP contribution is -2.59. The van der Waals surface area contributed by atoms with E-state index in [1.807, 2.05) is 0 Å². The third kappa shape index (κ3) is 8.46. The first-order valence-corrected chi connectivity index (χ1v) is 13.8. The van der Waals surface area contributed by atoms with E-state index in [2.05, 4.69) is 4.98 Å². The number of anilines is 1. The molecule has 2 saturated heterocycles. The van der Waals surface area contributed by atoms with E-state index in [1.165, 1.54) is 12.3 Å². The zero-order valence-corrected chi connectivity index (χ0v) is 21.8. The number of nitrogen functional groups attached to an aromatic ring is 1. The molecule has 0 saturated carbocycles. The van der Waals surface area contributed by atoms with Gasteiger partial charge in [-0.3, -0.25) is 13.6 Å². The summed E-state index contributed by atoms with van der Waals surface area (Å²) in [6.45, 7) is -1.12. The lowest BCUT2D eigenvalue weighted by atomic mass is 9.99. The highest BCUT2D eigenvalue weighted by molar-refractivity contribution is 7.47. The first-order chi connectivity index (χ1) is 18.4. The average Bonchev–Trinajstić information content (AvgIpc) is 3.17. The van der Waals surface area contributed by atoms with E-state index in [0.717, 1.165) is 4.57 Å². The van der Waals surface area contributed by atoms with Crippen molar-refractivity contribution in [3.05, 3.63) is 22.7 Å². The summed E-state index contributed by atoms with van der Waals surface area (Å²) >= 11 is 0. The van der Waals surface area contributed by atoms with Crippen LogP contribution in [0.5, 0.6) is 0 Å². The number of aromatic nitrogens is 2. The molecule has 1 aromatic heterocycles. The molecule has 0 bridgehead atoms. The number of ether oxygens (including phenoxy) is 3. The summed E-state index contributed by atoms with van der Waals surface area (Å²) < 4.78 is 38.9. The van der Waals surface area contributed by atoms with Gasteiger partial charge in [-0.25, -0.2) is 9.36 Å². The first-order valence-electron chi connectivity index (χ1n) is 12.4. The number of phosphoric acid groups is 1. The Balaban J connectivity index is 1.30. The third-order valence-corrected chi connectivity index (χ3v) is 7.27. The normalized spacial score (nSPS) is 34.7. The SMILES string of the molecule is Nc1ccn([C@@H]2O[C@H](COP(=O)(O)OCCCCCCO[C@@H]3O[C@H](CO)[C@H](O)[C@H](O)[C@H]3O)[C@@H](O)[C@@H]2O)c(=O)n1. The van der Waals surface area contributed by atoms with Crippen molar-refractivity contribution in [3.8, 4) is 0 Å². The zero-order chi connectivity index (χ0) is 28.7. The van der Waals surface area contributed by atoms with Crippen LogP contribution in [0, 0.1) is 0 Å². The van der Waals surface area contributed by atoms with Crippen molar-refractivity contribution in [2.24, 2.45) is 0 Å². The summed E-state index contributed by atoms with van der Waals surface area (Å²) in [5, 5.41) is 59.0. The van der Waals surface area contributed by atoms with E-state index in [4.69, 9.17) is 29.0 Å². The van der Waals surface area contributed by atoms with Crippen LogP contribution in [0.4, 0.5) is 5.82 Å². The highest BCUT2D eigenvalue weighted by Crippen LogP contribution is 2.44. The Kier molecular flexibility index (Phi) is 11.8. The number of nitrogens with zero attached hydrogens (tertiary/aromatic N) is 2. The van der Waals surface area contributed by atoms with Gasteiger partial charge in [0.05, 0.1) is 19.8 Å². The minimum atomic E-state index is -4.51. The van der Waals surface area contributed by atoms with Gasteiger partial charge in [-0.1, -0.05) is 12.8 Å². The Bertz CT molecular complexity index is 1010. The van der Waals surface area contributed by atoms with Crippen LogP contribution in [0.25, 0.3) is 0 Å². The number of rotatable bonds is 14. The summed E-state index contributed by atoms with van der Waals surface area (Å²) in [5.74, 6) is -0.0380. The van der Waals surface area contributed by atoms with Gasteiger partial charge in [0, 0.05) is 12.8 Å². The van der Waals surface area contributed by atoms with Crippen molar-refractivity contribution in [2.75, 3.05) is 32.2 Å². The van der Waals surface area contributed by atoms with Crippen molar-refractivity contribution >= 4 is 13.6 Å². The van der Waals surface area contributed by atoms with E-state index >= 15 is 0 Å². The number of phosphoric ester groups is 1. The molecule has 9 N–H and O–H groups in total. The van der Waals surface area contributed by atoms with E-state index in [-0.39, 0.29) is 19.0 Å². The average molecular weight is 586 g/mol. The van der Waals surface area contributed by atoms with Crippen molar-refractivity contribution < 1.29 is 63.4 Å². The maximum atomic E-state index is 12.2. The molecule has 0 radical (unpaired) electrons. The van der Waals surface area contributed by atoms with Crippen LogP contribution in [0.2, 0.25) is 0 Å². The Morgan fingerprint density at radius 3 is 2.26 bits per heavy atom. The van der Waals surface area contributed by atoms with Gasteiger partial charge < -0.3 is 55.5 Å². The molecule has 18 heteroatoms. The number of hydrogen-bond acceptors (Lipinski definition) is 15. The van der Waals surface area contributed by atoms with Gasteiger partial charge in [0.2, 0.25) is 0 Å². The Morgan fingerprint density at radius 1 is 0.923 bits per heavy atom. The Morgan fingerprint density at radius 2 is 1.59 bits per heavy atom. The Labute approximate surface area is 222 Å². The fraction of sp³-hybridized carbons (Fsp3) is 0.810. The van der Waals surface area contributed by atoms with Gasteiger partial charge in [0.1, 0.15) is 48.5 Å². The number of aliphatic hydroxyl groups is 6. The second-order valence-electron chi connectivity index (χ2n) is 9.17. The summed E-state index contributed by atoms with van der Waals surface area (Å²) in [6.07, 6.45) is -8.96. The molecule has 2 fully saturated rings. The van der Waals surface area contributed by atoms with Crippen molar-refractivity contribution in [2.45, 2.75) is 80.9 Å². The van der Waals surface area contributed by atoms with Crippen LogP contribution in [-0.2, 0) is 27.8 Å². The molecule has 39 heavy (non-hydrogen) atoms. The number of hydrogen-bond donors (Lipinski definition) is 8. The fourth-order valence-electron chi connectivity index (χ4n) is 4.06. The second-order valence-corrected chi connectivity index (χ2v) is 10.6.